The Labute approximate surface area is 173 Å². The number of nitrogens with one attached hydrogen (secondary N) is 1. The van der Waals surface area contributed by atoms with E-state index in [0.29, 0.717) is 10.8 Å². The minimum Gasteiger partial charge on any atom is -0.484 e. The zero-order valence-corrected chi connectivity index (χ0v) is 17.3. The summed E-state index contributed by atoms with van der Waals surface area (Å²) >= 11 is 5.96. The molecule has 0 fully saturated rings. The molecule has 0 unspecified atom stereocenters. The molecule has 156 valence electrons. The topological polar surface area (TPSA) is 104 Å². The molecule has 0 spiro atoms. The Morgan fingerprint density at radius 2 is 1.66 bits per heavy atom. The van der Waals surface area contributed by atoms with E-state index in [1.54, 1.807) is 32.0 Å². The zero-order valence-electron chi connectivity index (χ0n) is 16.6. The highest BCUT2D eigenvalue weighted by Gasteiger charge is 2.31. The Hall–Kier alpha value is -3.00. The Kier molecular flexibility index (Phi) is 7.67. The largest absolute Gasteiger partial charge is 0.484 e. The molecule has 1 N–H and O–H groups in total. The van der Waals surface area contributed by atoms with E-state index in [9.17, 15) is 14.4 Å². The van der Waals surface area contributed by atoms with Gasteiger partial charge in [-0.15, -0.1) is 0 Å². The smallest absolute Gasteiger partial charge is 0.344 e. The molecule has 1 heterocycles. The molecular weight excluding hydrogens is 402 g/mol. The quantitative estimate of drug-likeness (QED) is 0.641. The van der Waals surface area contributed by atoms with E-state index in [2.05, 4.69) is 5.32 Å². The number of hydrogen-bond donors (Lipinski definition) is 1. The molecule has 0 radical (unpaired) electrons. The van der Waals surface area contributed by atoms with E-state index >= 15 is 0 Å². The molecule has 0 aliphatic rings. The van der Waals surface area contributed by atoms with E-state index in [4.69, 9.17) is 30.2 Å². The summed E-state index contributed by atoms with van der Waals surface area (Å²) in [6, 6.07) is 4.97. The fourth-order valence-corrected chi connectivity index (χ4v) is 2.62. The number of halogens is 1. The number of aryl methyl sites for hydroxylation is 2. The maximum Gasteiger partial charge on any atom is 0.344 e. The average molecular weight is 424 g/mol. The predicted octanol–water partition coefficient (Wildman–Crippen LogP) is 3.92. The number of amides is 1. The summed E-state index contributed by atoms with van der Waals surface area (Å²) in [7, 11) is 0. The van der Waals surface area contributed by atoms with E-state index in [-0.39, 0.29) is 42.6 Å². The lowest BCUT2D eigenvalue weighted by Gasteiger charge is -2.09. The van der Waals surface area contributed by atoms with E-state index < -0.39 is 17.8 Å². The molecule has 0 saturated heterocycles. The van der Waals surface area contributed by atoms with Crippen LogP contribution in [-0.4, -0.2) is 37.7 Å². The molecule has 0 aliphatic carbocycles. The van der Waals surface area contributed by atoms with E-state index in [0.717, 1.165) is 5.56 Å². The van der Waals surface area contributed by atoms with Crippen LogP contribution in [0.1, 0.15) is 45.9 Å². The van der Waals surface area contributed by atoms with Gasteiger partial charge in [0.25, 0.3) is 5.91 Å². The Morgan fingerprint density at radius 1 is 1.03 bits per heavy atom. The van der Waals surface area contributed by atoms with Gasteiger partial charge in [-0.05, 0) is 51.5 Å². The van der Waals surface area contributed by atoms with Gasteiger partial charge in [0.15, 0.2) is 6.61 Å². The summed E-state index contributed by atoms with van der Waals surface area (Å²) in [6.45, 7) is 6.39. The van der Waals surface area contributed by atoms with Gasteiger partial charge in [0.05, 0.1) is 13.2 Å². The first-order chi connectivity index (χ1) is 13.8. The third-order valence-electron chi connectivity index (χ3n) is 3.80. The number of ether oxygens (including phenoxy) is 3. The molecule has 0 atom stereocenters. The summed E-state index contributed by atoms with van der Waals surface area (Å²) in [5, 5.41) is 3.02. The number of esters is 2. The Balaban J connectivity index is 2.20. The van der Waals surface area contributed by atoms with E-state index in [1.807, 2.05) is 6.92 Å². The number of hydrogen-bond acceptors (Lipinski definition) is 7. The number of carbonyl (C=O) groups is 3. The molecule has 1 aromatic carbocycles. The van der Waals surface area contributed by atoms with Gasteiger partial charge in [0.2, 0.25) is 5.88 Å². The third kappa shape index (κ3) is 5.51. The molecule has 9 heteroatoms. The third-order valence-corrected chi connectivity index (χ3v) is 4.22. The fraction of sp³-hybridized carbons (Fsp3) is 0.350. The first-order valence-corrected chi connectivity index (χ1v) is 9.32. The standard InChI is InChI=1S/C20H22ClNO7/c1-5-26-19(24)16-12(4)29-18(17(16)20(25)27-6-2)22-15(23)10-28-13-7-8-14(21)11(3)9-13/h7-9H,5-6,10H2,1-4H3,(H,22,23). The number of benzene rings is 1. The molecule has 2 rings (SSSR count). The van der Waals surface area contributed by atoms with Crippen LogP contribution in [0, 0.1) is 13.8 Å². The molecule has 1 amide bonds. The fourth-order valence-electron chi connectivity index (χ4n) is 2.50. The predicted molar refractivity (Wildman–Crippen MR) is 106 cm³/mol. The van der Waals surface area contributed by atoms with Gasteiger partial charge in [-0.3, -0.25) is 10.1 Å². The maximum absolute atomic E-state index is 12.4. The zero-order chi connectivity index (χ0) is 21.6. The molecule has 8 nitrogen and oxygen atoms in total. The van der Waals surface area contributed by atoms with Crippen molar-refractivity contribution in [1.82, 2.24) is 0 Å². The second kappa shape index (κ2) is 9.97. The molecule has 0 bridgehead atoms. The van der Waals surface area contributed by atoms with Crippen LogP contribution >= 0.6 is 11.6 Å². The number of rotatable bonds is 8. The molecule has 29 heavy (non-hydrogen) atoms. The molecular formula is C20H22ClNO7. The van der Waals surface area contributed by atoms with Crippen LogP contribution in [0.2, 0.25) is 5.02 Å². The van der Waals surface area contributed by atoms with Gasteiger partial charge in [-0.1, -0.05) is 11.6 Å². The van der Waals surface area contributed by atoms with Crippen LogP contribution in [0.3, 0.4) is 0 Å². The van der Waals surface area contributed by atoms with Crippen LogP contribution in [-0.2, 0) is 14.3 Å². The van der Waals surface area contributed by atoms with Gasteiger partial charge in [-0.2, -0.15) is 0 Å². The van der Waals surface area contributed by atoms with Crippen molar-refractivity contribution in [3.63, 3.8) is 0 Å². The highest BCUT2D eigenvalue weighted by Crippen LogP contribution is 2.29. The molecule has 1 aromatic heterocycles. The Morgan fingerprint density at radius 3 is 2.24 bits per heavy atom. The molecule has 0 aliphatic heterocycles. The van der Waals surface area contributed by atoms with Crippen molar-refractivity contribution >= 4 is 35.3 Å². The highest BCUT2D eigenvalue weighted by atomic mass is 35.5. The van der Waals surface area contributed by atoms with Gasteiger partial charge < -0.3 is 18.6 Å². The normalized spacial score (nSPS) is 10.4. The lowest BCUT2D eigenvalue weighted by atomic mass is 10.1. The van der Waals surface area contributed by atoms with Crippen LogP contribution in [0.25, 0.3) is 0 Å². The van der Waals surface area contributed by atoms with Crippen molar-refractivity contribution in [3.8, 4) is 5.75 Å². The van der Waals surface area contributed by atoms with E-state index in [1.165, 1.54) is 6.92 Å². The molecule has 2 aromatic rings. The van der Waals surface area contributed by atoms with Gasteiger partial charge in [0.1, 0.15) is 22.6 Å². The van der Waals surface area contributed by atoms with Crippen molar-refractivity contribution in [3.05, 3.63) is 45.7 Å². The summed E-state index contributed by atoms with van der Waals surface area (Å²) in [5.41, 5.74) is 0.517. The average Bonchev–Trinajstić information content (AvgIpc) is 2.99. The van der Waals surface area contributed by atoms with Crippen molar-refractivity contribution in [1.29, 1.82) is 0 Å². The summed E-state index contributed by atoms with van der Waals surface area (Å²) in [5.74, 6) is -1.77. The molecule has 0 saturated carbocycles. The Bertz CT molecular complexity index is 920. The summed E-state index contributed by atoms with van der Waals surface area (Å²) in [6.07, 6.45) is 0. The van der Waals surface area contributed by atoms with Gasteiger partial charge >= 0.3 is 11.9 Å². The van der Waals surface area contributed by atoms with Crippen LogP contribution in [0.5, 0.6) is 5.75 Å². The van der Waals surface area contributed by atoms with Crippen LogP contribution in [0.4, 0.5) is 5.88 Å². The van der Waals surface area contributed by atoms with Gasteiger partial charge in [-0.25, -0.2) is 9.59 Å². The minimum atomic E-state index is -0.808. The van der Waals surface area contributed by atoms with Crippen molar-refractivity contribution in [2.75, 3.05) is 25.1 Å². The van der Waals surface area contributed by atoms with Crippen molar-refractivity contribution in [2.45, 2.75) is 27.7 Å². The number of anilines is 1. The summed E-state index contributed by atoms with van der Waals surface area (Å²) < 4.78 is 20.8. The van der Waals surface area contributed by atoms with Crippen molar-refractivity contribution in [2.24, 2.45) is 0 Å². The minimum absolute atomic E-state index is 0.0811. The van der Waals surface area contributed by atoms with Crippen LogP contribution in [0.15, 0.2) is 22.6 Å². The first-order valence-electron chi connectivity index (χ1n) is 8.94. The lowest BCUT2D eigenvalue weighted by Crippen LogP contribution is -2.22. The number of carbonyl (C=O) groups excluding carboxylic acids is 3. The summed E-state index contributed by atoms with van der Waals surface area (Å²) in [4.78, 5) is 36.9. The van der Waals surface area contributed by atoms with Crippen molar-refractivity contribution < 1.29 is 33.0 Å². The number of furan rings is 1. The van der Waals surface area contributed by atoms with Crippen LogP contribution < -0.4 is 10.1 Å². The second-order valence-electron chi connectivity index (χ2n) is 5.93. The monoisotopic (exact) mass is 423 g/mol. The first kappa shape index (κ1) is 22.3. The highest BCUT2D eigenvalue weighted by molar-refractivity contribution is 6.31. The second-order valence-corrected chi connectivity index (χ2v) is 6.33. The van der Waals surface area contributed by atoms with Gasteiger partial charge in [0, 0.05) is 5.02 Å². The maximum atomic E-state index is 12.4. The SMILES string of the molecule is CCOC(=O)c1c(C)oc(NC(=O)COc2ccc(Cl)c(C)c2)c1C(=O)OCC. The lowest BCUT2D eigenvalue weighted by molar-refractivity contribution is -0.118.